The number of anilines is 1. The van der Waals surface area contributed by atoms with Crippen LogP contribution in [-0.2, 0) is 4.79 Å². The van der Waals surface area contributed by atoms with Crippen LogP contribution in [0.4, 0.5) is 5.00 Å². The summed E-state index contributed by atoms with van der Waals surface area (Å²) >= 11 is 7.13. The molecule has 0 spiro atoms. The van der Waals surface area contributed by atoms with Gasteiger partial charge in [0.1, 0.15) is 12.4 Å². The van der Waals surface area contributed by atoms with Crippen LogP contribution in [0.3, 0.4) is 0 Å². The van der Waals surface area contributed by atoms with Gasteiger partial charge in [-0.2, -0.15) is 0 Å². The fraction of sp³-hybridized carbons (Fsp3) is 0.250. The second kappa shape index (κ2) is 7.99. The molecule has 0 aliphatic carbocycles. The third-order valence-corrected chi connectivity index (χ3v) is 4.18. The largest absolute Gasteiger partial charge is 0.492 e. The molecule has 1 aromatic heterocycles. The Balaban J connectivity index is 1.85. The van der Waals surface area contributed by atoms with Crippen LogP contribution in [0.15, 0.2) is 36.4 Å². The van der Waals surface area contributed by atoms with Crippen molar-refractivity contribution < 1.29 is 14.3 Å². The van der Waals surface area contributed by atoms with Crippen LogP contribution in [0.1, 0.15) is 16.6 Å². The normalized spacial score (nSPS) is 10.2. The highest BCUT2D eigenvalue weighted by Crippen LogP contribution is 2.23. The van der Waals surface area contributed by atoms with Crippen molar-refractivity contribution in [3.8, 4) is 5.75 Å². The number of benzene rings is 1. The molecule has 122 valence electrons. The van der Waals surface area contributed by atoms with E-state index < -0.39 is 0 Å². The summed E-state index contributed by atoms with van der Waals surface area (Å²) in [6.45, 7) is 2.24. The van der Waals surface area contributed by atoms with Crippen molar-refractivity contribution in [2.45, 2.75) is 6.92 Å². The van der Waals surface area contributed by atoms with Gasteiger partial charge in [-0.15, -0.1) is 11.3 Å². The zero-order valence-corrected chi connectivity index (χ0v) is 14.4. The van der Waals surface area contributed by atoms with Crippen molar-refractivity contribution in [3.63, 3.8) is 0 Å². The van der Waals surface area contributed by atoms with E-state index >= 15 is 0 Å². The van der Waals surface area contributed by atoms with Crippen molar-refractivity contribution in [2.24, 2.45) is 0 Å². The molecule has 0 unspecified atom stereocenters. The maximum Gasteiger partial charge on any atom is 0.263 e. The molecule has 1 N–H and O–H groups in total. The van der Waals surface area contributed by atoms with Gasteiger partial charge in [-0.1, -0.05) is 17.7 Å². The number of carbonyl (C=O) groups is 2. The Morgan fingerprint density at radius 1 is 1.30 bits per heavy atom. The van der Waals surface area contributed by atoms with E-state index in [1.807, 2.05) is 12.1 Å². The van der Waals surface area contributed by atoms with Crippen molar-refractivity contribution in [2.75, 3.05) is 25.5 Å². The molecule has 0 saturated carbocycles. The highest BCUT2D eigenvalue weighted by Gasteiger charge is 2.14. The van der Waals surface area contributed by atoms with E-state index in [4.69, 9.17) is 16.3 Å². The van der Waals surface area contributed by atoms with E-state index in [0.29, 0.717) is 33.8 Å². The first-order chi connectivity index (χ1) is 11.0. The summed E-state index contributed by atoms with van der Waals surface area (Å²) in [7, 11) is 1.71. The number of rotatable bonds is 6. The number of hydrogen-bond donors (Lipinski definition) is 1. The zero-order chi connectivity index (χ0) is 16.8. The van der Waals surface area contributed by atoms with Gasteiger partial charge in [0.2, 0.25) is 5.91 Å². The average molecular weight is 353 g/mol. The van der Waals surface area contributed by atoms with Gasteiger partial charge in [0.25, 0.3) is 5.91 Å². The maximum atomic E-state index is 12.3. The summed E-state index contributed by atoms with van der Waals surface area (Å²) in [6.07, 6.45) is 0. The van der Waals surface area contributed by atoms with Gasteiger partial charge in [0, 0.05) is 19.0 Å². The van der Waals surface area contributed by atoms with Gasteiger partial charge in [-0.3, -0.25) is 9.59 Å². The van der Waals surface area contributed by atoms with Crippen LogP contribution in [0.5, 0.6) is 5.75 Å². The van der Waals surface area contributed by atoms with Crippen molar-refractivity contribution in [1.82, 2.24) is 4.90 Å². The number of likely N-dealkylation sites (N-methyl/N-ethyl adjacent to an activating group) is 1. The Morgan fingerprint density at radius 3 is 2.78 bits per heavy atom. The number of carbonyl (C=O) groups excluding carboxylic acids is 2. The van der Waals surface area contributed by atoms with Crippen LogP contribution in [-0.4, -0.2) is 36.9 Å². The van der Waals surface area contributed by atoms with Gasteiger partial charge in [-0.25, -0.2) is 0 Å². The summed E-state index contributed by atoms with van der Waals surface area (Å²) in [4.78, 5) is 25.4. The van der Waals surface area contributed by atoms with Crippen LogP contribution in [0.2, 0.25) is 5.02 Å². The Labute approximate surface area is 143 Å². The van der Waals surface area contributed by atoms with Crippen LogP contribution < -0.4 is 10.1 Å². The van der Waals surface area contributed by atoms with E-state index in [1.165, 1.54) is 18.3 Å². The molecule has 5 nitrogen and oxygen atoms in total. The maximum absolute atomic E-state index is 12.3. The molecule has 23 heavy (non-hydrogen) atoms. The molecule has 7 heteroatoms. The summed E-state index contributed by atoms with van der Waals surface area (Å²) < 4.78 is 5.57. The minimum absolute atomic E-state index is 0.110. The molecule has 0 aliphatic heterocycles. The summed E-state index contributed by atoms with van der Waals surface area (Å²) in [5.74, 6) is 0.401. The van der Waals surface area contributed by atoms with Crippen LogP contribution in [0.25, 0.3) is 0 Å². The van der Waals surface area contributed by atoms with Gasteiger partial charge < -0.3 is 15.0 Å². The summed E-state index contributed by atoms with van der Waals surface area (Å²) in [6, 6.07) is 10.5. The third-order valence-electron chi connectivity index (χ3n) is 2.95. The molecule has 2 aromatic rings. The van der Waals surface area contributed by atoms with Gasteiger partial charge >= 0.3 is 0 Å². The van der Waals surface area contributed by atoms with E-state index in [-0.39, 0.29) is 11.8 Å². The molecule has 0 bridgehead atoms. The van der Waals surface area contributed by atoms with E-state index in [2.05, 4.69) is 5.32 Å². The molecule has 0 radical (unpaired) electrons. The number of halogens is 1. The Kier molecular flexibility index (Phi) is 6.01. The molecule has 0 saturated heterocycles. The number of thiophene rings is 1. The fourth-order valence-corrected chi connectivity index (χ4v) is 2.97. The summed E-state index contributed by atoms with van der Waals surface area (Å²) in [5.41, 5.74) is 0. The lowest BCUT2D eigenvalue weighted by Crippen LogP contribution is -2.30. The zero-order valence-electron chi connectivity index (χ0n) is 12.8. The number of ether oxygens (including phenoxy) is 1. The first-order valence-electron chi connectivity index (χ1n) is 6.97. The van der Waals surface area contributed by atoms with Gasteiger partial charge in [0.05, 0.1) is 16.4 Å². The molecule has 2 rings (SSSR count). The number of nitrogens with one attached hydrogen (secondary N) is 1. The number of nitrogens with zero attached hydrogens (tertiary/aromatic N) is 1. The number of amides is 2. The molecule has 2 amide bonds. The molecular formula is C16H17ClN2O3S. The topological polar surface area (TPSA) is 58.6 Å². The highest BCUT2D eigenvalue weighted by molar-refractivity contribution is 7.18. The lowest BCUT2D eigenvalue weighted by Gasteiger charge is -2.16. The Morgan fingerprint density at radius 2 is 2.09 bits per heavy atom. The molecule has 0 aliphatic rings. The van der Waals surface area contributed by atoms with Crippen LogP contribution >= 0.6 is 22.9 Å². The molecule has 0 fully saturated rings. The summed E-state index contributed by atoms with van der Waals surface area (Å²) in [5, 5.41) is 3.92. The van der Waals surface area contributed by atoms with E-state index in [1.54, 1.807) is 36.2 Å². The van der Waals surface area contributed by atoms with E-state index in [9.17, 15) is 9.59 Å². The average Bonchev–Trinajstić information content (AvgIpc) is 2.94. The van der Waals surface area contributed by atoms with Crippen molar-refractivity contribution in [1.29, 1.82) is 0 Å². The first kappa shape index (κ1) is 17.3. The van der Waals surface area contributed by atoms with Crippen molar-refractivity contribution in [3.05, 3.63) is 46.3 Å². The minimum atomic E-state index is -0.158. The Bertz CT molecular complexity index is 702. The lowest BCUT2D eigenvalue weighted by molar-refractivity contribution is -0.114. The molecule has 0 atom stereocenters. The fourth-order valence-electron chi connectivity index (χ4n) is 1.84. The molecular weight excluding hydrogens is 336 g/mol. The van der Waals surface area contributed by atoms with Gasteiger partial charge in [0.15, 0.2) is 0 Å². The van der Waals surface area contributed by atoms with Gasteiger partial charge in [-0.05, 0) is 30.3 Å². The number of hydrogen-bond acceptors (Lipinski definition) is 4. The standard InChI is InChI=1S/C16H17ClN2O3S/c1-11(20)18-15-7-6-14(23-15)16(21)19(2)8-9-22-13-5-3-4-12(17)10-13/h3-7,10H,8-9H2,1-2H3,(H,18,20). The molecule has 1 aromatic carbocycles. The predicted octanol–water partition coefficient (Wildman–Crippen LogP) is 3.51. The lowest BCUT2D eigenvalue weighted by atomic mass is 10.3. The Hall–Kier alpha value is -2.05. The first-order valence-corrected chi connectivity index (χ1v) is 8.16. The molecule has 1 heterocycles. The highest BCUT2D eigenvalue weighted by atomic mass is 35.5. The quantitative estimate of drug-likeness (QED) is 0.865. The predicted molar refractivity (Wildman–Crippen MR) is 92.5 cm³/mol. The van der Waals surface area contributed by atoms with E-state index in [0.717, 1.165) is 0 Å². The second-order valence-corrected chi connectivity index (χ2v) is 6.40. The minimum Gasteiger partial charge on any atom is -0.492 e. The smallest absolute Gasteiger partial charge is 0.263 e. The third kappa shape index (κ3) is 5.26. The van der Waals surface area contributed by atoms with Crippen LogP contribution in [0, 0.1) is 0 Å². The van der Waals surface area contributed by atoms with Crippen molar-refractivity contribution >= 4 is 39.8 Å². The second-order valence-electron chi connectivity index (χ2n) is 4.88. The monoisotopic (exact) mass is 352 g/mol. The SMILES string of the molecule is CC(=O)Nc1ccc(C(=O)N(C)CCOc2cccc(Cl)c2)s1.